The Hall–Kier alpha value is -1.90. The first-order valence-electron chi connectivity index (χ1n) is 10.5. The molecule has 0 saturated heterocycles. The van der Waals surface area contributed by atoms with Gasteiger partial charge in [-0.3, -0.25) is 14.4 Å². The summed E-state index contributed by atoms with van der Waals surface area (Å²) in [4.78, 5) is 35.5. The second-order valence-electron chi connectivity index (χ2n) is 7.67. The Morgan fingerprint density at radius 2 is 1.61 bits per heavy atom. The van der Waals surface area contributed by atoms with Crippen LogP contribution in [0.2, 0.25) is 0 Å². The molecule has 1 aromatic carbocycles. The first-order valence-corrected chi connectivity index (χ1v) is 10.5. The predicted octanol–water partition coefficient (Wildman–Crippen LogP) is 0.796. The molecule has 1 heterocycles. The van der Waals surface area contributed by atoms with Crippen LogP contribution in [-0.4, -0.2) is 47.2 Å². The molecule has 0 bridgehead atoms. The Bertz CT molecular complexity index is 774. The summed E-state index contributed by atoms with van der Waals surface area (Å²) < 4.78 is 10.2. The third-order valence-electron chi connectivity index (χ3n) is 5.22. The number of carbonyl (C=O) groups excluding carboxylic acids is 3. The second kappa shape index (κ2) is 16.7. The van der Waals surface area contributed by atoms with Gasteiger partial charge in [0.15, 0.2) is 17.5 Å². The SMILES string of the molecule is CCOc1ccc(CCC(=O)C2C(=O)C=C(C)OC2=O)cc1.N[C@@H]1CCCC[C@H]1N.O.O.[Pt]. The molecule has 1 saturated carbocycles. The number of nitrogens with two attached hydrogens (primary N) is 2. The predicted molar refractivity (Wildman–Crippen MR) is 121 cm³/mol. The van der Waals surface area contributed by atoms with Gasteiger partial charge in [-0.15, -0.1) is 0 Å². The summed E-state index contributed by atoms with van der Waals surface area (Å²) in [5, 5.41) is 0. The van der Waals surface area contributed by atoms with Gasteiger partial charge < -0.3 is 31.9 Å². The van der Waals surface area contributed by atoms with E-state index in [1.165, 1.54) is 25.8 Å². The van der Waals surface area contributed by atoms with Crippen molar-refractivity contribution in [3.63, 3.8) is 0 Å². The maximum Gasteiger partial charge on any atom is 0.329 e. The van der Waals surface area contributed by atoms with E-state index in [9.17, 15) is 14.4 Å². The zero-order valence-electron chi connectivity index (χ0n) is 19.1. The zero-order chi connectivity index (χ0) is 22.1. The van der Waals surface area contributed by atoms with Crippen molar-refractivity contribution in [2.24, 2.45) is 17.4 Å². The average molecular weight is 648 g/mol. The molecule has 1 aliphatic carbocycles. The zero-order valence-corrected chi connectivity index (χ0v) is 21.4. The number of allylic oxidation sites excluding steroid dienone is 2. The summed E-state index contributed by atoms with van der Waals surface area (Å²) in [5.41, 5.74) is 12.3. The number of aryl methyl sites for hydroxylation is 1. The van der Waals surface area contributed by atoms with Crippen molar-refractivity contribution in [1.82, 2.24) is 0 Å². The van der Waals surface area contributed by atoms with Crippen LogP contribution in [0.4, 0.5) is 0 Å². The van der Waals surface area contributed by atoms with Gasteiger partial charge in [-0.2, -0.15) is 0 Å². The summed E-state index contributed by atoms with van der Waals surface area (Å²) in [6, 6.07) is 7.95. The van der Waals surface area contributed by atoms with Crippen LogP contribution in [0.5, 0.6) is 5.75 Å². The third-order valence-corrected chi connectivity index (χ3v) is 5.22. The Kier molecular flexibility index (Phi) is 16.8. The molecule has 33 heavy (non-hydrogen) atoms. The van der Waals surface area contributed by atoms with E-state index in [1.54, 1.807) is 0 Å². The molecule has 10 heteroatoms. The minimum atomic E-state index is -1.31. The van der Waals surface area contributed by atoms with E-state index in [0.717, 1.165) is 24.2 Å². The molecular weight excluding hydrogens is 611 g/mol. The van der Waals surface area contributed by atoms with Crippen molar-refractivity contribution in [2.45, 2.75) is 64.5 Å². The number of ether oxygens (including phenoxy) is 2. The van der Waals surface area contributed by atoms with E-state index in [-0.39, 0.29) is 56.3 Å². The van der Waals surface area contributed by atoms with Crippen LogP contribution in [0, 0.1) is 5.92 Å². The van der Waals surface area contributed by atoms with E-state index >= 15 is 0 Å². The standard InChI is InChI=1S/C17H18O5.C6H14N2.2H2O.Pt/c1-3-21-13-7-4-12(5-8-13)6-9-14(18)16-15(19)10-11(2)22-17(16)20;7-5-3-1-2-4-6(5)8;;;/h4-5,7-8,10,16H,3,6,9H2,1-2H3;5-6H,1-4,7-8H2;2*1H2;/t;5-,6-;;;/m.1.../s1. The van der Waals surface area contributed by atoms with Gasteiger partial charge in [0.2, 0.25) is 0 Å². The van der Waals surface area contributed by atoms with Crippen LogP contribution in [0.15, 0.2) is 36.1 Å². The smallest absolute Gasteiger partial charge is 0.329 e. The monoisotopic (exact) mass is 647 g/mol. The van der Waals surface area contributed by atoms with E-state index in [4.69, 9.17) is 20.9 Å². The van der Waals surface area contributed by atoms with Crippen LogP contribution in [0.25, 0.3) is 0 Å². The van der Waals surface area contributed by atoms with E-state index in [1.807, 2.05) is 31.2 Å². The number of cyclic esters (lactones) is 1. The quantitative estimate of drug-likeness (QED) is 0.338. The van der Waals surface area contributed by atoms with Crippen molar-refractivity contribution in [3.8, 4) is 5.75 Å². The van der Waals surface area contributed by atoms with Crippen molar-refractivity contribution in [2.75, 3.05) is 6.61 Å². The molecule has 0 amide bonds. The molecular formula is C23H36N2O7Pt. The van der Waals surface area contributed by atoms with Gasteiger partial charge in [0, 0.05) is 45.6 Å². The number of ketones is 2. The number of carbonyl (C=O) groups is 3. The van der Waals surface area contributed by atoms with Gasteiger partial charge in [0.05, 0.1) is 6.61 Å². The topological polar surface area (TPSA) is 185 Å². The van der Waals surface area contributed by atoms with Crippen LogP contribution in [-0.2, 0) is 46.6 Å². The van der Waals surface area contributed by atoms with Crippen molar-refractivity contribution < 1.29 is 55.9 Å². The molecule has 1 aliphatic heterocycles. The maximum absolute atomic E-state index is 12.1. The van der Waals surface area contributed by atoms with Crippen LogP contribution in [0.3, 0.4) is 0 Å². The van der Waals surface area contributed by atoms with Gasteiger partial charge in [-0.05, 0) is 50.8 Å². The molecule has 3 rings (SSSR count). The summed E-state index contributed by atoms with van der Waals surface area (Å²) >= 11 is 0. The van der Waals surface area contributed by atoms with Crippen molar-refractivity contribution in [1.29, 1.82) is 0 Å². The first kappa shape index (κ1) is 33.3. The molecule has 9 nitrogen and oxygen atoms in total. The van der Waals surface area contributed by atoms with Gasteiger partial charge in [0.25, 0.3) is 0 Å². The molecule has 1 aromatic rings. The molecule has 0 aromatic heterocycles. The van der Waals surface area contributed by atoms with Crippen molar-refractivity contribution >= 4 is 17.5 Å². The largest absolute Gasteiger partial charge is 0.494 e. The minimum Gasteiger partial charge on any atom is -0.494 e. The number of esters is 1. The van der Waals surface area contributed by atoms with Crippen LogP contribution < -0.4 is 16.2 Å². The van der Waals surface area contributed by atoms with Gasteiger partial charge in [-0.1, -0.05) is 25.0 Å². The van der Waals surface area contributed by atoms with E-state index in [0.29, 0.717) is 13.0 Å². The fourth-order valence-electron chi connectivity index (χ4n) is 3.46. The van der Waals surface area contributed by atoms with Crippen LogP contribution >= 0.6 is 0 Å². The molecule has 0 radical (unpaired) electrons. The number of benzene rings is 1. The molecule has 1 unspecified atom stereocenters. The summed E-state index contributed by atoms with van der Waals surface area (Å²) in [6.45, 7) is 4.01. The number of rotatable bonds is 6. The van der Waals surface area contributed by atoms with Crippen molar-refractivity contribution in [3.05, 3.63) is 41.7 Å². The Morgan fingerprint density at radius 1 is 1.06 bits per heavy atom. The summed E-state index contributed by atoms with van der Waals surface area (Å²) in [6.07, 6.45) is 6.57. The summed E-state index contributed by atoms with van der Waals surface area (Å²) in [5.74, 6) is -2.00. The Balaban J connectivity index is 0. The molecule has 2 aliphatic rings. The number of hydrogen-bond acceptors (Lipinski definition) is 7. The van der Waals surface area contributed by atoms with E-state index in [2.05, 4.69) is 0 Å². The molecule has 190 valence electrons. The van der Waals surface area contributed by atoms with Gasteiger partial charge in [-0.25, -0.2) is 0 Å². The minimum absolute atomic E-state index is 0. The average Bonchev–Trinajstić information content (AvgIpc) is 2.70. The first-order chi connectivity index (χ1) is 14.3. The number of Topliss-reactive ketones (excluding diaryl/α,β-unsaturated/α-hetero) is 1. The van der Waals surface area contributed by atoms with Crippen LogP contribution in [0.1, 0.15) is 51.5 Å². The van der Waals surface area contributed by atoms with E-state index < -0.39 is 23.5 Å². The summed E-state index contributed by atoms with van der Waals surface area (Å²) in [7, 11) is 0. The molecule has 3 atom stereocenters. The molecule has 0 spiro atoms. The normalized spacial score (nSPS) is 21.5. The number of hydrogen-bond donors (Lipinski definition) is 2. The molecule has 8 N–H and O–H groups in total. The fraction of sp³-hybridized carbons (Fsp3) is 0.522. The fourth-order valence-corrected chi connectivity index (χ4v) is 3.46. The second-order valence-corrected chi connectivity index (χ2v) is 7.67. The Morgan fingerprint density at radius 3 is 2.06 bits per heavy atom. The van der Waals surface area contributed by atoms with Gasteiger partial charge in [0.1, 0.15) is 11.5 Å². The Labute approximate surface area is 209 Å². The maximum atomic E-state index is 12.1. The van der Waals surface area contributed by atoms with Gasteiger partial charge >= 0.3 is 5.97 Å². The molecule has 1 fully saturated rings. The third kappa shape index (κ3) is 10.7.